The molecule has 0 bridgehead atoms. The number of aryl methyl sites for hydroxylation is 1. The lowest BCUT2D eigenvalue weighted by atomic mass is 9.95. The topological polar surface area (TPSA) is 56.8 Å². The van der Waals surface area contributed by atoms with Gasteiger partial charge in [-0.15, -0.1) is 0 Å². The summed E-state index contributed by atoms with van der Waals surface area (Å²) in [6, 6.07) is 11.0. The minimum absolute atomic E-state index is 0.122. The van der Waals surface area contributed by atoms with Gasteiger partial charge in [-0.2, -0.15) is 0 Å². The molecular formula is C21H27NO4. The third kappa shape index (κ3) is 4.28. The Labute approximate surface area is 155 Å². The molecule has 1 amide bonds. The maximum atomic E-state index is 12.7. The Bertz CT molecular complexity index is 758. The van der Waals surface area contributed by atoms with E-state index >= 15 is 0 Å². The van der Waals surface area contributed by atoms with E-state index in [1.165, 1.54) is 0 Å². The molecule has 5 nitrogen and oxygen atoms in total. The Morgan fingerprint density at radius 2 is 1.69 bits per heavy atom. The highest BCUT2D eigenvalue weighted by Gasteiger charge is 2.20. The quantitative estimate of drug-likeness (QED) is 0.771. The minimum atomic E-state index is -0.132. The summed E-state index contributed by atoms with van der Waals surface area (Å²) < 4.78 is 16.0. The second-order valence-electron chi connectivity index (χ2n) is 5.93. The number of benzene rings is 2. The predicted molar refractivity (Wildman–Crippen MR) is 102 cm³/mol. The number of ether oxygens (including phenoxy) is 3. The molecule has 26 heavy (non-hydrogen) atoms. The molecule has 1 atom stereocenters. The lowest BCUT2D eigenvalue weighted by Gasteiger charge is -2.22. The Morgan fingerprint density at radius 1 is 1.00 bits per heavy atom. The van der Waals surface area contributed by atoms with Crippen molar-refractivity contribution in [1.82, 2.24) is 5.32 Å². The van der Waals surface area contributed by atoms with Crippen molar-refractivity contribution in [3.05, 3.63) is 53.1 Å². The van der Waals surface area contributed by atoms with E-state index in [-0.39, 0.29) is 11.9 Å². The number of hydrogen-bond acceptors (Lipinski definition) is 4. The van der Waals surface area contributed by atoms with Crippen molar-refractivity contribution in [2.75, 3.05) is 21.3 Å². The van der Waals surface area contributed by atoms with Crippen LogP contribution in [0.25, 0.3) is 0 Å². The number of carbonyl (C=O) groups excluding carboxylic acids is 1. The molecule has 140 valence electrons. The number of nitrogens with one attached hydrogen (secondary N) is 1. The molecule has 0 spiro atoms. The van der Waals surface area contributed by atoms with Crippen LogP contribution < -0.4 is 19.5 Å². The molecule has 1 N–H and O–H groups in total. The first kappa shape index (κ1) is 19.6. The average Bonchev–Trinajstić information content (AvgIpc) is 2.70. The second-order valence-corrected chi connectivity index (χ2v) is 5.93. The van der Waals surface area contributed by atoms with E-state index in [1.54, 1.807) is 33.5 Å². The molecule has 0 saturated heterocycles. The first-order chi connectivity index (χ1) is 12.6. The van der Waals surface area contributed by atoms with E-state index in [0.29, 0.717) is 22.8 Å². The van der Waals surface area contributed by atoms with Gasteiger partial charge in [0.1, 0.15) is 5.75 Å². The number of carbonyl (C=O) groups is 1. The summed E-state index contributed by atoms with van der Waals surface area (Å²) in [5, 5.41) is 3.12. The molecule has 0 fully saturated rings. The number of hydrogen-bond donors (Lipinski definition) is 1. The molecule has 0 aliphatic heterocycles. The van der Waals surface area contributed by atoms with Crippen molar-refractivity contribution < 1.29 is 19.0 Å². The van der Waals surface area contributed by atoms with Gasteiger partial charge in [0.15, 0.2) is 11.5 Å². The van der Waals surface area contributed by atoms with Gasteiger partial charge in [0, 0.05) is 5.56 Å². The van der Waals surface area contributed by atoms with Gasteiger partial charge < -0.3 is 19.5 Å². The van der Waals surface area contributed by atoms with E-state index in [2.05, 4.69) is 12.2 Å². The van der Waals surface area contributed by atoms with Crippen LogP contribution in [0.3, 0.4) is 0 Å². The summed E-state index contributed by atoms with van der Waals surface area (Å²) >= 11 is 0. The number of amides is 1. The molecule has 0 saturated carbocycles. The normalized spacial score (nSPS) is 11.6. The third-order valence-electron chi connectivity index (χ3n) is 4.45. The molecule has 2 aromatic rings. The number of rotatable bonds is 8. The van der Waals surface area contributed by atoms with Crippen molar-refractivity contribution in [2.45, 2.75) is 32.7 Å². The molecule has 5 heteroatoms. The van der Waals surface area contributed by atoms with Crippen LogP contribution >= 0.6 is 0 Å². The van der Waals surface area contributed by atoms with Gasteiger partial charge in [-0.3, -0.25) is 4.79 Å². The van der Waals surface area contributed by atoms with Crippen LogP contribution in [0.2, 0.25) is 0 Å². The number of methoxy groups -OCH3 is 3. The fourth-order valence-electron chi connectivity index (χ4n) is 2.97. The monoisotopic (exact) mass is 357 g/mol. The van der Waals surface area contributed by atoms with E-state index in [4.69, 9.17) is 14.2 Å². The third-order valence-corrected chi connectivity index (χ3v) is 4.45. The zero-order chi connectivity index (χ0) is 19.1. The van der Waals surface area contributed by atoms with Gasteiger partial charge in [0.2, 0.25) is 0 Å². The van der Waals surface area contributed by atoms with Crippen molar-refractivity contribution in [2.24, 2.45) is 0 Å². The molecule has 2 rings (SSSR count). The van der Waals surface area contributed by atoms with Crippen LogP contribution in [0.4, 0.5) is 0 Å². The second kappa shape index (κ2) is 9.13. The fourth-order valence-corrected chi connectivity index (χ4v) is 2.97. The first-order valence-electron chi connectivity index (χ1n) is 8.77. The standard InChI is InChI=1S/C21H27NO4/c1-6-14-12-19(25-4)20(26-5)13-17(14)18(7-2)22-21(23)15-9-8-10-16(11-15)24-3/h8-13,18H,6-7H2,1-5H3,(H,22,23). The van der Waals surface area contributed by atoms with Crippen LogP contribution in [-0.2, 0) is 6.42 Å². The summed E-state index contributed by atoms with van der Waals surface area (Å²) in [5.74, 6) is 1.88. The van der Waals surface area contributed by atoms with Gasteiger partial charge >= 0.3 is 0 Å². The van der Waals surface area contributed by atoms with Gasteiger partial charge in [0.05, 0.1) is 27.4 Å². The van der Waals surface area contributed by atoms with Crippen LogP contribution in [0.15, 0.2) is 36.4 Å². The SMILES string of the molecule is CCc1cc(OC)c(OC)cc1C(CC)NC(=O)c1cccc(OC)c1. The molecule has 2 aromatic carbocycles. The molecule has 0 radical (unpaired) electrons. The van der Waals surface area contributed by atoms with Gasteiger partial charge in [-0.25, -0.2) is 0 Å². The zero-order valence-corrected chi connectivity index (χ0v) is 16.1. The molecule has 1 unspecified atom stereocenters. The van der Waals surface area contributed by atoms with Gasteiger partial charge in [-0.05, 0) is 54.3 Å². The Kier molecular flexibility index (Phi) is 6.89. The lowest BCUT2D eigenvalue weighted by molar-refractivity contribution is 0.0935. The van der Waals surface area contributed by atoms with Crippen LogP contribution in [0, 0.1) is 0 Å². The van der Waals surface area contributed by atoms with E-state index < -0.39 is 0 Å². The zero-order valence-electron chi connectivity index (χ0n) is 16.1. The van der Waals surface area contributed by atoms with E-state index in [0.717, 1.165) is 24.0 Å². The molecule has 0 aliphatic rings. The Morgan fingerprint density at radius 3 is 2.27 bits per heavy atom. The van der Waals surface area contributed by atoms with E-state index in [1.807, 2.05) is 31.2 Å². The molecular weight excluding hydrogens is 330 g/mol. The fraction of sp³-hybridized carbons (Fsp3) is 0.381. The van der Waals surface area contributed by atoms with Crippen LogP contribution in [0.1, 0.15) is 47.8 Å². The van der Waals surface area contributed by atoms with Crippen LogP contribution in [0.5, 0.6) is 17.2 Å². The average molecular weight is 357 g/mol. The minimum Gasteiger partial charge on any atom is -0.497 e. The maximum absolute atomic E-state index is 12.7. The first-order valence-corrected chi connectivity index (χ1v) is 8.77. The highest BCUT2D eigenvalue weighted by atomic mass is 16.5. The summed E-state index contributed by atoms with van der Waals surface area (Å²) in [7, 11) is 4.82. The van der Waals surface area contributed by atoms with Gasteiger partial charge in [-0.1, -0.05) is 19.9 Å². The summed E-state index contributed by atoms with van der Waals surface area (Å²) in [6.45, 7) is 4.13. The lowest BCUT2D eigenvalue weighted by Crippen LogP contribution is -2.29. The highest BCUT2D eigenvalue weighted by molar-refractivity contribution is 5.94. The van der Waals surface area contributed by atoms with Crippen molar-refractivity contribution in [1.29, 1.82) is 0 Å². The molecule has 0 aromatic heterocycles. The van der Waals surface area contributed by atoms with Crippen molar-refractivity contribution >= 4 is 5.91 Å². The summed E-state index contributed by atoms with van der Waals surface area (Å²) in [4.78, 5) is 12.7. The Hall–Kier alpha value is -2.69. The Balaban J connectivity index is 2.34. The van der Waals surface area contributed by atoms with Gasteiger partial charge in [0.25, 0.3) is 5.91 Å². The largest absolute Gasteiger partial charge is 0.497 e. The predicted octanol–water partition coefficient (Wildman–Crippen LogP) is 4.16. The van der Waals surface area contributed by atoms with Crippen LogP contribution in [-0.4, -0.2) is 27.2 Å². The molecule has 0 heterocycles. The summed E-state index contributed by atoms with van der Waals surface area (Å²) in [6.07, 6.45) is 1.60. The molecule has 0 aliphatic carbocycles. The smallest absolute Gasteiger partial charge is 0.251 e. The van der Waals surface area contributed by atoms with Crippen molar-refractivity contribution in [3.63, 3.8) is 0 Å². The highest BCUT2D eigenvalue weighted by Crippen LogP contribution is 2.34. The van der Waals surface area contributed by atoms with Crippen molar-refractivity contribution in [3.8, 4) is 17.2 Å². The summed E-state index contributed by atoms with van der Waals surface area (Å²) in [5.41, 5.74) is 2.74. The van der Waals surface area contributed by atoms with E-state index in [9.17, 15) is 4.79 Å². The maximum Gasteiger partial charge on any atom is 0.251 e.